The number of imide groups is 1. The molecule has 0 spiro atoms. The molecule has 4 aliphatic rings. The largest absolute Gasteiger partial charge is 0.384 e. The van der Waals surface area contributed by atoms with Crippen molar-refractivity contribution in [3.05, 3.63) is 82.7 Å². The maximum Gasteiger partial charge on any atom is 0.255 e. The van der Waals surface area contributed by atoms with Crippen LogP contribution >= 0.6 is 0 Å². The van der Waals surface area contributed by atoms with Crippen molar-refractivity contribution in [2.45, 2.75) is 82.6 Å². The Bertz CT molecular complexity index is 1650. The molecule has 0 radical (unpaired) electrons. The van der Waals surface area contributed by atoms with E-state index < -0.39 is 17.6 Å². The normalized spacial score (nSPS) is 23.8. The number of nitrogens with zero attached hydrogens (tertiary/aromatic N) is 5. The maximum atomic E-state index is 13.1. The summed E-state index contributed by atoms with van der Waals surface area (Å²) in [4.78, 5) is 52.3. The Balaban J connectivity index is 0.915. The molecule has 2 aromatic carbocycles. The fraction of sp³-hybridized carbons (Fsp3) is 0.472. The van der Waals surface area contributed by atoms with Crippen molar-refractivity contribution < 1.29 is 19.5 Å². The summed E-state index contributed by atoms with van der Waals surface area (Å²) >= 11 is 0. The number of rotatable bonds is 8. The average molecular weight is 638 g/mol. The SMILES string of the molecule is CC(C)c1cnc(NC2CCN(c3ccc(CN4CC[C@@](O)(c5ccc6c(c5)CN(C5CCC(=O)NC5=O)C6=O)C4)cc3)CC2)nc1. The molecule has 3 aromatic rings. The Morgan fingerprint density at radius 2 is 1.74 bits per heavy atom. The zero-order chi connectivity index (χ0) is 32.7. The summed E-state index contributed by atoms with van der Waals surface area (Å²) in [6.07, 6.45) is 7.03. The first-order chi connectivity index (χ1) is 22.6. The molecule has 0 saturated carbocycles. The molecule has 4 aliphatic heterocycles. The Hall–Kier alpha value is -4.35. The van der Waals surface area contributed by atoms with Gasteiger partial charge in [-0.15, -0.1) is 0 Å². The van der Waals surface area contributed by atoms with Crippen LogP contribution in [0, 0.1) is 0 Å². The summed E-state index contributed by atoms with van der Waals surface area (Å²) in [7, 11) is 0. The van der Waals surface area contributed by atoms with E-state index in [4.69, 9.17) is 0 Å². The molecule has 0 bridgehead atoms. The molecule has 1 unspecified atom stereocenters. The first-order valence-corrected chi connectivity index (χ1v) is 16.8. The van der Waals surface area contributed by atoms with E-state index in [1.807, 2.05) is 24.5 Å². The van der Waals surface area contributed by atoms with E-state index in [0.29, 0.717) is 49.4 Å². The number of hydrogen-bond acceptors (Lipinski definition) is 9. The summed E-state index contributed by atoms with van der Waals surface area (Å²) in [6, 6.07) is 14.0. The van der Waals surface area contributed by atoms with Gasteiger partial charge < -0.3 is 20.2 Å². The van der Waals surface area contributed by atoms with E-state index in [1.54, 1.807) is 11.0 Å². The predicted octanol–water partition coefficient (Wildman–Crippen LogP) is 3.54. The predicted molar refractivity (Wildman–Crippen MR) is 178 cm³/mol. The van der Waals surface area contributed by atoms with Gasteiger partial charge in [0.2, 0.25) is 17.8 Å². The maximum absolute atomic E-state index is 13.1. The highest BCUT2D eigenvalue weighted by Crippen LogP contribution is 2.36. The van der Waals surface area contributed by atoms with Gasteiger partial charge in [0.05, 0.1) is 0 Å². The number of β-amino-alcohol motifs (C(OH)–C–C–N with tert-alkyl or cyclic N) is 1. The zero-order valence-electron chi connectivity index (χ0n) is 27.1. The summed E-state index contributed by atoms with van der Waals surface area (Å²) in [5.74, 6) is 0.202. The minimum Gasteiger partial charge on any atom is -0.384 e. The first-order valence-electron chi connectivity index (χ1n) is 16.8. The highest BCUT2D eigenvalue weighted by molar-refractivity contribution is 6.05. The van der Waals surface area contributed by atoms with Crippen LogP contribution in [-0.2, 0) is 28.3 Å². The standard InChI is InChI=1S/C36H43N7O4/c1-23(2)26-18-37-35(38-19-26)39-28-11-14-42(15-12-28)29-6-3-24(4-7-29)20-41-16-13-36(47,22-41)27-5-8-30-25(17-27)21-43(34(30)46)31-9-10-32(44)40-33(31)45/h3-8,17-19,23,28,31,47H,9-16,20-22H2,1-2H3,(H,37,38,39)(H,40,44,45)/t31?,36-/m0/s1. The highest BCUT2D eigenvalue weighted by Gasteiger charge is 2.42. The molecule has 1 aromatic heterocycles. The zero-order valence-corrected chi connectivity index (χ0v) is 27.1. The Morgan fingerprint density at radius 3 is 2.45 bits per heavy atom. The summed E-state index contributed by atoms with van der Waals surface area (Å²) in [5.41, 5.74) is 4.73. The molecule has 47 heavy (non-hydrogen) atoms. The van der Waals surface area contributed by atoms with Gasteiger partial charge in [0.25, 0.3) is 5.91 Å². The van der Waals surface area contributed by atoms with Crippen molar-refractivity contribution in [3.8, 4) is 0 Å². The molecule has 5 heterocycles. The molecule has 11 heteroatoms. The number of carbonyl (C=O) groups excluding carboxylic acids is 3. The molecule has 3 saturated heterocycles. The van der Waals surface area contributed by atoms with Gasteiger partial charge in [0.1, 0.15) is 11.6 Å². The third kappa shape index (κ3) is 6.46. The van der Waals surface area contributed by atoms with Crippen molar-refractivity contribution >= 4 is 29.4 Å². The van der Waals surface area contributed by atoms with E-state index in [2.05, 4.69) is 68.5 Å². The molecule has 246 valence electrons. The third-order valence-electron chi connectivity index (χ3n) is 10.3. The van der Waals surface area contributed by atoms with Gasteiger partial charge in [0, 0.05) is 75.4 Å². The van der Waals surface area contributed by atoms with Gasteiger partial charge in [-0.2, -0.15) is 0 Å². The molecular formula is C36H43N7O4. The number of benzene rings is 2. The fourth-order valence-corrected chi connectivity index (χ4v) is 7.35. The van der Waals surface area contributed by atoms with Crippen molar-refractivity contribution in [1.29, 1.82) is 0 Å². The average Bonchev–Trinajstić information content (AvgIpc) is 3.61. The van der Waals surface area contributed by atoms with Crippen molar-refractivity contribution in [3.63, 3.8) is 0 Å². The second-order valence-corrected chi connectivity index (χ2v) is 13.8. The van der Waals surface area contributed by atoms with Crippen LogP contribution in [0.1, 0.15) is 84.5 Å². The number of aliphatic hydroxyl groups is 1. The van der Waals surface area contributed by atoms with E-state index in [9.17, 15) is 19.5 Å². The Kier molecular flexibility index (Phi) is 8.44. The number of aromatic nitrogens is 2. The number of likely N-dealkylation sites (tertiary alicyclic amines) is 1. The first kappa shape index (κ1) is 31.3. The monoisotopic (exact) mass is 637 g/mol. The van der Waals surface area contributed by atoms with E-state index in [-0.39, 0.29) is 18.2 Å². The van der Waals surface area contributed by atoms with E-state index >= 15 is 0 Å². The molecule has 3 fully saturated rings. The quantitative estimate of drug-likeness (QED) is 0.318. The summed E-state index contributed by atoms with van der Waals surface area (Å²) in [5, 5.41) is 17.5. The van der Waals surface area contributed by atoms with Crippen LogP contribution in [-0.4, -0.2) is 80.9 Å². The third-order valence-corrected chi connectivity index (χ3v) is 10.3. The number of anilines is 2. The molecular weight excluding hydrogens is 594 g/mol. The lowest BCUT2D eigenvalue weighted by molar-refractivity contribution is -0.136. The van der Waals surface area contributed by atoms with Gasteiger partial charge in [-0.05, 0) is 72.1 Å². The molecule has 2 atom stereocenters. The number of carbonyl (C=O) groups is 3. The Labute approximate surface area is 275 Å². The van der Waals surface area contributed by atoms with Gasteiger partial charge >= 0.3 is 0 Å². The lowest BCUT2D eigenvalue weighted by Gasteiger charge is -2.34. The van der Waals surface area contributed by atoms with Crippen LogP contribution in [0.4, 0.5) is 11.6 Å². The van der Waals surface area contributed by atoms with Crippen molar-refractivity contribution in [2.24, 2.45) is 0 Å². The fourth-order valence-electron chi connectivity index (χ4n) is 7.35. The Morgan fingerprint density at radius 1 is 1.00 bits per heavy atom. The number of hydrogen-bond donors (Lipinski definition) is 3. The van der Waals surface area contributed by atoms with Crippen LogP contribution in [0.2, 0.25) is 0 Å². The van der Waals surface area contributed by atoms with Crippen LogP contribution < -0.4 is 15.5 Å². The topological polar surface area (TPSA) is 131 Å². The lowest BCUT2D eigenvalue weighted by Crippen LogP contribution is -2.52. The van der Waals surface area contributed by atoms with Gasteiger partial charge in [0.15, 0.2) is 0 Å². The van der Waals surface area contributed by atoms with Gasteiger partial charge in [-0.3, -0.25) is 24.6 Å². The van der Waals surface area contributed by atoms with Gasteiger partial charge in [-0.25, -0.2) is 9.97 Å². The molecule has 0 aliphatic carbocycles. The highest BCUT2D eigenvalue weighted by atomic mass is 16.3. The molecule has 3 amide bonds. The number of piperidine rings is 2. The van der Waals surface area contributed by atoms with Crippen molar-refractivity contribution in [1.82, 2.24) is 25.1 Å². The van der Waals surface area contributed by atoms with Crippen LogP contribution in [0.25, 0.3) is 0 Å². The van der Waals surface area contributed by atoms with Crippen LogP contribution in [0.3, 0.4) is 0 Å². The minimum absolute atomic E-state index is 0.201. The second-order valence-electron chi connectivity index (χ2n) is 13.8. The van der Waals surface area contributed by atoms with E-state index in [1.165, 1.54) is 11.3 Å². The summed E-state index contributed by atoms with van der Waals surface area (Å²) < 4.78 is 0. The minimum atomic E-state index is -1.01. The molecule has 11 nitrogen and oxygen atoms in total. The molecule has 7 rings (SSSR count). The lowest BCUT2D eigenvalue weighted by atomic mass is 9.90. The molecule has 3 N–H and O–H groups in total. The number of nitrogens with one attached hydrogen (secondary N) is 2. The van der Waals surface area contributed by atoms with E-state index in [0.717, 1.165) is 55.7 Å². The van der Waals surface area contributed by atoms with Gasteiger partial charge in [-0.1, -0.05) is 38.1 Å². The number of amides is 3. The van der Waals surface area contributed by atoms with Crippen LogP contribution in [0.5, 0.6) is 0 Å². The van der Waals surface area contributed by atoms with Crippen LogP contribution in [0.15, 0.2) is 54.9 Å². The number of fused-ring (bicyclic) bond motifs is 1. The second kappa shape index (κ2) is 12.7. The smallest absolute Gasteiger partial charge is 0.255 e. The van der Waals surface area contributed by atoms with Crippen molar-refractivity contribution in [2.75, 3.05) is 36.4 Å². The summed E-state index contributed by atoms with van der Waals surface area (Å²) in [6.45, 7) is 8.54.